The van der Waals surface area contributed by atoms with E-state index >= 15 is 0 Å². The van der Waals surface area contributed by atoms with E-state index in [9.17, 15) is 5.11 Å². The third kappa shape index (κ3) is 4.94. The number of allylic oxidation sites excluding steroid dienone is 4. The van der Waals surface area contributed by atoms with Gasteiger partial charge in [-0.25, -0.2) is 0 Å². The molecule has 2 N–H and O–H groups in total. The second-order valence-corrected chi connectivity index (χ2v) is 13.6. The first-order chi connectivity index (χ1) is 21.1. The van der Waals surface area contributed by atoms with E-state index in [0.717, 1.165) is 75.0 Å². The summed E-state index contributed by atoms with van der Waals surface area (Å²) < 4.78 is 0. The van der Waals surface area contributed by atoms with Crippen molar-refractivity contribution in [3.05, 3.63) is 85.8 Å². The molecule has 3 aliphatic heterocycles. The largest absolute Gasteiger partial charge is 0.384 e. The normalized spacial score (nSPS) is 31.9. The van der Waals surface area contributed by atoms with Gasteiger partial charge in [0.1, 0.15) is 0 Å². The molecule has 0 unspecified atom stereocenters. The van der Waals surface area contributed by atoms with E-state index in [4.69, 9.17) is 4.98 Å². The summed E-state index contributed by atoms with van der Waals surface area (Å²) in [4.78, 5) is 14.3. The number of hydrogen-bond acceptors (Lipinski definition) is 4. The molecule has 4 aliphatic rings. The van der Waals surface area contributed by atoms with Crippen LogP contribution in [0.15, 0.2) is 80.1 Å². The molecule has 5 heteroatoms. The van der Waals surface area contributed by atoms with E-state index in [1.807, 2.05) is 18.3 Å². The SMILES string of the molecule is C=CCCCCN1CC[C@H]2C(c3nccc4c3[nH]c3ccccc34)=C[C@@](O)(CCC=C)[C@@H]3N4CCCC/C=C\[C@H]4C[C@@]32C1. The van der Waals surface area contributed by atoms with Gasteiger partial charge in [-0.15, -0.1) is 13.2 Å². The lowest BCUT2D eigenvalue weighted by molar-refractivity contribution is -0.0895. The van der Waals surface area contributed by atoms with Crippen molar-refractivity contribution in [2.24, 2.45) is 11.3 Å². The molecule has 226 valence electrons. The topological polar surface area (TPSA) is 55.4 Å². The fourth-order valence-corrected chi connectivity index (χ4v) is 9.39. The van der Waals surface area contributed by atoms with Crippen LogP contribution < -0.4 is 0 Å². The summed E-state index contributed by atoms with van der Waals surface area (Å²) in [5, 5.41) is 15.5. The molecule has 0 bridgehead atoms. The molecule has 0 saturated carbocycles. The second-order valence-electron chi connectivity index (χ2n) is 13.6. The molecule has 2 saturated heterocycles. The van der Waals surface area contributed by atoms with Crippen molar-refractivity contribution < 1.29 is 5.11 Å². The zero-order chi connectivity index (χ0) is 29.4. The van der Waals surface area contributed by atoms with E-state index in [2.05, 4.69) is 76.5 Å². The number of aromatic nitrogens is 2. The molecule has 5 heterocycles. The molecule has 43 heavy (non-hydrogen) atoms. The lowest BCUT2D eigenvalue weighted by Crippen LogP contribution is -2.65. The predicted octanol–water partition coefficient (Wildman–Crippen LogP) is 7.66. The highest BCUT2D eigenvalue weighted by Gasteiger charge is 2.65. The standard InChI is InChI=1S/C38H48N4O/c1-3-5-7-13-22-41-24-19-32-31(34-35-30(18-21-39-34)29-16-11-12-17-33(29)40-35)26-38(43,20-6-4-2)36-37(32,27-41)25-28-15-10-8-9-14-23-42(28)36/h3-4,10-12,15-18,21,26,28,32,36,40,43H,1-2,5-9,13-14,19-20,22-25,27H2/b15-10-/t28-,32-,36+,37-,38-/m0/s1. The van der Waals surface area contributed by atoms with Crippen molar-refractivity contribution in [2.75, 3.05) is 26.2 Å². The summed E-state index contributed by atoms with van der Waals surface area (Å²) in [6.07, 6.45) is 23.9. The number of pyridine rings is 1. The van der Waals surface area contributed by atoms with Gasteiger partial charge in [0.25, 0.3) is 0 Å². The van der Waals surface area contributed by atoms with Gasteiger partial charge in [0.2, 0.25) is 0 Å². The summed E-state index contributed by atoms with van der Waals surface area (Å²) in [7, 11) is 0. The van der Waals surface area contributed by atoms with Gasteiger partial charge in [-0.1, -0.05) is 42.5 Å². The summed E-state index contributed by atoms with van der Waals surface area (Å²) in [6.45, 7) is 12.3. The Kier molecular flexibility index (Phi) is 7.92. The van der Waals surface area contributed by atoms with E-state index in [1.54, 1.807) is 0 Å². The number of piperidine rings is 1. The van der Waals surface area contributed by atoms with Gasteiger partial charge in [-0.2, -0.15) is 0 Å². The Bertz CT molecular complexity index is 1550. The first kappa shape index (κ1) is 28.8. The van der Waals surface area contributed by atoms with E-state index in [0.29, 0.717) is 18.4 Å². The minimum Gasteiger partial charge on any atom is -0.384 e. The Hall–Kier alpha value is -2.99. The number of fused-ring (bicyclic) bond motifs is 5. The summed E-state index contributed by atoms with van der Waals surface area (Å²) in [5.74, 6) is 0.345. The van der Waals surface area contributed by atoms with Crippen molar-refractivity contribution in [2.45, 2.75) is 81.9 Å². The lowest BCUT2D eigenvalue weighted by atomic mass is 9.54. The number of hydrogen-bond donors (Lipinski definition) is 2. The van der Waals surface area contributed by atoms with Crippen LogP contribution in [0, 0.1) is 11.3 Å². The van der Waals surface area contributed by atoms with Crippen LogP contribution in [0.4, 0.5) is 0 Å². The van der Waals surface area contributed by atoms with Crippen LogP contribution in [0.5, 0.6) is 0 Å². The van der Waals surface area contributed by atoms with Crippen LogP contribution in [0.25, 0.3) is 27.4 Å². The maximum Gasteiger partial charge on any atom is 0.0998 e. The maximum absolute atomic E-state index is 13.0. The first-order valence-electron chi connectivity index (χ1n) is 16.8. The van der Waals surface area contributed by atoms with Gasteiger partial charge in [0.05, 0.1) is 22.9 Å². The fourth-order valence-electron chi connectivity index (χ4n) is 9.39. The molecule has 7 rings (SSSR count). The number of benzene rings is 1. The van der Waals surface area contributed by atoms with Crippen LogP contribution in [-0.2, 0) is 0 Å². The Labute approximate surface area is 257 Å². The lowest BCUT2D eigenvalue weighted by Gasteiger charge is -2.58. The number of nitrogens with zero attached hydrogens (tertiary/aromatic N) is 3. The quantitative estimate of drug-likeness (QED) is 0.203. The van der Waals surface area contributed by atoms with Crippen LogP contribution in [0.1, 0.15) is 69.9 Å². The van der Waals surface area contributed by atoms with Gasteiger partial charge in [-0.3, -0.25) is 9.88 Å². The van der Waals surface area contributed by atoms with Crippen LogP contribution in [0.2, 0.25) is 0 Å². The highest BCUT2D eigenvalue weighted by Crippen LogP contribution is 2.61. The number of aromatic amines is 1. The molecule has 0 amide bonds. The van der Waals surface area contributed by atoms with Gasteiger partial charge in [0, 0.05) is 40.5 Å². The predicted molar refractivity (Wildman–Crippen MR) is 179 cm³/mol. The second kappa shape index (κ2) is 11.8. The molecular weight excluding hydrogens is 528 g/mol. The Morgan fingerprint density at radius 2 is 1.93 bits per heavy atom. The fraction of sp³-hybridized carbons (Fsp3) is 0.500. The molecule has 1 aromatic carbocycles. The third-order valence-electron chi connectivity index (χ3n) is 11.1. The van der Waals surface area contributed by atoms with Crippen LogP contribution in [-0.4, -0.2) is 68.7 Å². The van der Waals surface area contributed by atoms with Gasteiger partial charge in [-0.05, 0) is 114 Å². The van der Waals surface area contributed by atoms with E-state index < -0.39 is 5.60 Å². The Morgan fingerprint density at radius 1 is 1.05 bits per heavy atom. The first-order valence-corrected chi connectivity index (χ1v) is 16.8. The van der Waals surface area contributed by atoms with Gasteiger partial charge >= 0.3 is 0 Å². The van der Waals surface area contributed by atoms with E-state index in [1.165, 1.54) is 42.0 Å². The number of likely N-dealkylation sites (tertiary alicyclic amines) is 1. The Morgan fingerprint density at radius 3 is 2.81 bits per heavy atom. The number of unbranched alkanes of at least 4 members (excludes halogenated alkanes) is 2. The minimum atomic E-state index is -0.955. The monoisotopic (exact) mass is 576 g/mol. The smallest absolute Gasteiger partial charge is 0.0998 e. The summed E-state index contributed by atoms with van der Waals surface area (Å²) >= 11 is 0. The molecule has 1 aliphatic carbocycles. The highest BCUT2D eigenvalue weighted by atomic mass is 16.3. The molecule has 5 atom stereocenters. The van der Waals surface area contributed by atoms with E-state index in [-0.39, 0.29) is 11.5 Å². The van der Waals surface area contributed by atoms with Crippen LogP contribution in [0.3, 0.4) is 0 Å². The number of nitrogens with one attached hydrogen (secondary N) is 1. The molecular formula is C38H48N4O. The number of rotatable bonds is 9. The van der Waals surface area contributed by atoms with Crippen LogP contribution >= 0.6 is 0 Å². The molecule has 2 aromatic heterocycles. The zero-order valence-corrected chi connectivity index (χ0v) is 25.7. The van der Waals surface area contributed by atoms with Gasteiger partial charge in [0.15, 0.2) is 0 Å². The zero-order valence-electron chi connectivity index (χ0n) is 25.7. The van der Waals surface area contributed by atoms with Crippen molar-refractivity contribution in [3.8, 4) is 0 Å². The minimum absolute atomic E-state index is 0.0497. The third-order valence-corrected chi connectivity index (χ3v) is 11.1. The summed E-state index contributed by atoms with van der Waals surface area (Å²) in [5.41, 5.74) is 3.52. The van der Waals surface area contributed by atoms with Crippen molar-refractivity contribution >= 4 is 27.4 Å². The molecule has 2 fully saturated rings. The average molecular weight is 577 g/mol. The molecule has 5 nitrogen and oxygen atoms in total. The van der Waals surface area contributed by atoms with Gasteiger partial charge < -0.3 is 15.0 Å². The number of aliphatic hydroxyl groups is 1. The number of para-hydroxylation sites is 1. The summed E-state index contributed by atoms with van der Waals surface area (Å²) in [6, 6.07) is 11.2. The number of H-pyrrole nitrogens is 1. The molecule has 1 spiro atoms. The van der Waals surface area contributed by atoms with Crippen molar-refractivity contribution in [1.82, 2.24) is 19.8 Å². The van der Waals surface area contributed by atoms with Crippen molar-refractivity contribution in [1.29, 1.82) is 0 Å². The van der Waals surface area contributed by atoms with Crippen molar-refractivity contribution in [3.63, 3.8) is 0 Å². The molecule has 0 radical (unpaired) electrons. The average Bonchev–Trinajstić information content (AvgIpc) is 3.53. The highest BCUT2D eigenvalue weighted by molar-refractivity contribution is 6.09. The Balaban J connectivity index is 1.39. The maximum atomic E-state index is 13.0. The molecule has 3 aromatic rings.